The molecule has 4 nitrogen and oxygen atoms in total. The molecule has 0 aliphatic heterocycles. The summed E-state index contributed by atoms with van der Waals surface area (Å²) in [4.78, 5) is 15.0. The SMILES string of the molecule is O=C(CCCc1c[nH]c2ccccc12)OCCOc1ccccc1Cl. The third kappa shape index (κ3) is 4.77. The van der Waals surface area contributed by atoms with Crippen LogP contribution in [0.2, 0.25) is 5.02 Å². The Bertz CT molecular complexity index is 844. The normalized spacial score (nSPS) is 10.8. The van der Waals surface area contributed by atoms with Gasteiger partial charge in [-0.3, -0.25) is 4.79 Å². The largest absolute Gasteiger partial charge is 0.488 e. The predicted octanol–water partition coefficient (Wildman–Crippen LogP) is 4.77. The minimum Gasteiger partial charge on any atom is -0.488 e. The second kappa shape index (κ2) is 8.58. The quantitative estimate of drug-likeness (QED) is 0.467. The molecule has 0 bridgehead atoms. The van der Waals surface area contributed by atoms with Crippen molar-refractivity contribution in [3.63, 3.8) is 0 Å². The van der Waals surface area contributed by atoms with E-state index in [-0.39, 0.29) is 19.2 Å². The Kier molecular flexibility index (Phi) is 5.96. The highest BCUT2D eigenvalue weighted by Gasteiger charge is 2.07. The number of ether oxygens (including phenoxy) is 2. The maximum Gasteiger partial charge on any atom is 0.305 e. The van der Waals surface area contributed by atoms with Crippen molar-refractivity contribution in [2.45, 2.75) is 19.3 Å². The minimum absolute atomic E-state index is 0.206. The zero-order chi connectivity index (χ0) is 17.5. The predicted molar refractivity (Wildman–Crippen MR) is 99.1 cm³/mol. The number of hydrogen-bond donors (Lipinski definition) is 1. The summed E-state index contributed by atoms with van der Waals surface area (Å²) in [5, 5.41) is 1.76. The van der Waals surface area contributed by atoms with E-state index in [1.54, 1.807) is 12.1 Å². The fraction of sp³-hybridized carbons (Fsp3) is 0.250. The van der Waals surface area contributed by atoms with E-state index in [1.165, 1.54) is 10.9 Å². The summed E-state index contributed by atoms with van der Waals surface area (Å²) in [7, 11) is 0. The molecule has 130 valence electrons. The number of hydrogen-bond acceptors (Lipinski definition) is 3. The number of esters is 1. The Hall–Kier alpha value is -2.46. The van der Waals surface area contributed by atoms with E-state index >= 15 is 0 Å². The number of para-hydroxylation sites is 2. The molecule has 5 heteroatoms. The van der Waals surface area contributed by atoms with Crippen LogP contribution in [0.3, 0.4) is 0 Å². The van der Waals surface area contributed by atoms with Crippen molar-refractivity contribution in [3.05, 3.63) is 65.3 Å². The van der Waals surface area contributed by atoms with Crippen LogP contribution in [-0.4, -0.2) is 24.2 Å². The summed E-state index contributed by atoms with van der Waals surface area (Å²) >= 11 is 5.99. The molecule has 0 fully saturated rings. The molecule has 0 saturated carbocycles. The van der Waals surface area contributed by atoms with E-state index in [2.05, 4.69) is 11.1 Å². The van der Waals surface area contributed by atoms with E-state index < -0.39 is 0 Å². The average Bonchev–Trinajstić information content (AvgIpc) is 3.03. The number of aryl methyl sites for hydroxylation is 1. The first-order valence-corrected chi connectivity index (χ1v) is 8.70. The number of fused-ring (bicyclic) bond motifs is 1. The lowest BCUT2D eigenvalue weighted by molar-refractivity contribution is -0.144. The van der Waals surface area contributed by atoms with E-state index in [1.807, 2.05) is 36.5 Å². The summed E-state index contributed by atoms with van der Waals surface area (Å²) < 4.78 is 10.7. The molecule has 0 saturated heterocycles. The van der Waals surface area contributed by atoms with Gasteiger partial charge in [0.05, 0.1) is 5.02 Å². The van der Waals surface area contributed by atoms with Crippen LogP contribution < -0.4 is 4.74 Å². The lowest BCUT2D eigenvalue weighted by Gasteiger charge is -2.08. The van der Waals surface area contributed by atoms with Gasteiger partial charge in [0, 0.05) is 23.5 Å². The highest BCUT2D eigenvalue weighted by molar-refractivity contribution is 6.32. The smallest absolute Gasteiger partial charge is 0.305 e. The molecule has 0 spiro atoms. The van der Waals surface area contributed by atoms with Crippen molar-refractivity contribution in [2.75, 3.05) is 13.2 Å². The van der Waals surface area contributed by atoms with Gasteiger partial charge in [-0.1, -0.05) is 41.9 Å². The summed E-state index contributed by atoms with van der Waals surface area (Å²) in [6.07, 6.45) is 4.00. The van der Waals surface area contributed by atoms with Crippen LogP contribution >= 0.6 is 11.6 Å². The molecule has 1 aromatic heterocycles. The molecule has 0 amide bonds. The third-order valence-electron chi connectivity index (χ3n) is 3.94. The van der Waals surface area contributed by atoms with Gasteiger partial charge in [0.2, 0.25) is 0 Å². The monoisotopic (exact) mass is 357 g/mol. The Labute approximate surface area is 151 Å². The van der Waals surface area contributed by atoms with Gasteiger partial charge in [-0.05, 0) is 36.6 Å². The van der Waals surface area contributed by atoms with Gasteiger partial charge in [0.15, 0.2) is 0 Å². The van der Waals surface area contributed by atoms with Gasteiger partial charge in [-0.15, -0.1) is 0 Å². The van der Waals surface area contributed by atoms with Crippen LogP contribution in [-0.2, 0) is 16.0 Å². The molecule has 0 radical (unpaired) electrons. The molecule has 0 atom stereocenters. The zero-order valence-corrected chi connectivity index (χ0v) is 14.6. The summed E-state index contributed by atoms with van der Waals surface area (Å²) in [5.74, 6) is 0.391. The van der Waals surface area contributed by atoms with E-state index in [4.69, 9.17) is 21.1 Å². The number of H-pyrrole nitrogens is 1. The number of benzene rings is 2. The van der Waals surface area contributed by atoms with Crippen LogP contribution in [0.4, 0.5) is 0 Å². The number of carbonyl (C=O) groups excluding carboxylic acids is 1. The molecule has 2 aromatic carbocycles. The second-order valence-electron chi connectivity index (χ2n) is 5.71. The molecular formula is C20H20ClNO3. The number of nitrogens with one attached hydrogen (secondary N) is 1. The molecule has 0 aliphatic carbocycles. The molecule has 3 aromatic rings. The number of carbonyl (C=O) groups is 1. The van der Waals surface area contributed by atoms with Crippen LogP contribution in [0.1, 0.15) is 18.4 Å². The summed E-state index contributed by atoms with van der Waals surface area (Å²) in [6, 6.07) is 15.4. The number of halogens is 1. The lowest BCUT2D eigenvalue weighted by atomic mass is 10.1. The van der Waals surface area contributed by atoms with Crippen molar-refractivity contribution in [1.29, 1.82) is 0 Å². The van der Waals surface area contributed by atoms with Gasteiger partial charge >= 0.3 is 5.97 Å². The molecule has 25 heavy (non-hydrogen) atoms. The van der Waals surface area contributed by atoms with E-state index in [0.717, 1.165) is 18.4 Å². The first-order valence-electron chi connectivity index (χ1n) is 8.32. The highest BCUT2D eigenvalue weighted by Crippen LogP contribution is 2.23. The Morgan fingerprint density at radius 2 is 1.84 bits per heavy atom. The molecule has 0 aliphatic rings. The molecule has 0 unspecified atom stereocenters. The van der Waals surface area contributed by atoms with Crippen molar-refractivity contribution >= 4 is 28.5 Å². The zero-order valence-electron chi connectivity index (χ0n) is 13.8. The fourth-order valence-electron chi connectivity index (χ4n) is 2.70. The van der Waals surface area contributed by atoms with Gasteiger partial charge < -0.3 is 14.5 Å². The summed E-state index contributed by atoms with van der Waals surface area (Å²) in [6.45, 7) is 0.509. The van der Waals surface area contributed by atoms with Crippen LogP contribution in [0.15, 0.2) is 54.7 Å². The van der Waals surface area contributed by atoms with E-state index in [9.17, 15) is 4.79 Å². The highest BCUT2D eigenvalue weighted by atomic mass is 35.5. The molecule has 1 heterocycles. The first kappa shape index (κ1) is 17.4. The van der Waals surface area contributed by atoms with Crippen molar-refractivity contribution in [2.24, 2.45) is 0 Å². The van der Waals surface area contributed by atoms with Gasteiger partial charge in [-0.2, -0.15) is 0 Å². The van der Waals surface area contributed by atoms with Crippen LogP contribution in [0.5, 0.6) is 5.75 Å². The average molecular weight is 358 g/mol. The maximum absolute atomic E-state index is 11.8. The Balaban J connectivity index is 1.35. The Morgan fingerprint density at radius 3 is 2.72 bits per heavy atom. The van der Waals surface area contributed by atoms with Gasteiger partial charge in [-0.25, -0.2) is 0 Å². The third-order valence-corrected chi connectivity index (χ3v) is 4.25. The topological polar surface area (TPSA) is 51.3 Å². The fourth-order valence-corrected chi connectivity index (χ4v) is 2.89. The van der Waals surface area contributed by atoms with Crippen molar-refractivity contribution in [3.8, 4) is 5.75 Å². The summed E-state index contributed by atoms with van der Waals surface area (Å²) in [5.41, 5.74) is 2.35. The first-order chi connectivity index (χ1) is 12.2. The van der Waals surface area contributed by atoms with Crippen molar-refractivity contribution < 1.29 is 14.3 Å². The molecular weight excluding hydrogens is 338 g/mol. The minimum atomic E-state index is -0.206. The maximum atomic E-state index is 11.8. The number of aromatic amines is 1. The Morgan fingerprint density at radius 1 is 1.04 bits per heavy atom. The van der Waals surface area contributed by atoms with Gasteiger partial charge in [0.1, 0.15) is 19.0 Å². The van der Waals surface area contributed by atoms with Crippen molar-refractivity contribution in [1.82, 2.24) is 4.98 Å². The van der Waals surface area contributed by atoms with Crippen LogP contribution in [0.25, 0.3) is 10.9 Å². The van der Waals surface area contributed by atoms with Gasteiger partial charge in [0.25, 0.3) is 0 Å². The van der Waals surface area contributed by atoms with E-state index in [0.29, 0.717) is 17.2 Å². The standard InChI is InChI=1S/C20H20ClNO3/c21-17-8-2-4-10-19(17)24-12-13-25-20(23)11-5-6-15-14-22-18-9-3-1-7-16(15)18/h1-4,7-10,14,22H,5-6,11-13H2. The second-order valence-corrected chi connectivity index (χ2v) is 6.12. The molecule has 1 N–H and O–H groups in total. The number of rotatable bonds is 8. The number of aromatic nitrogens is 1. The van der Waals surface area contributed by atoms with Crippen LogP contribution in [0, 0.1) is 0 Å². The molecule has 3 rings (SSSR count). The lowest BCUT2D eigenvalue weighted by Crippen LogP contribution is -2.12.